The van der Waals surface area contributed by atoms with Gasteiger partial charge in [0.05, 0.1) is 0 Å². The van der Waals surface area contributed by atoms with Gasteiger partial charge in [0.25, 0.3) is 5.91 Å². The lowest BCUT2D eigenvalue weighted by Crippen LogP contribution is -2.39. The van der Waals surface area contributed by atoms with Crippen molar-refractivity contribution in [1.82, 2.24) is 16.0 Å². The molecule has 0 saturated carbocycles. The van der Waals surface area contributed by atoms with Crippen LogP contribution in [-0.4, -0.2) is 24.0 Å². The number of carbonyl (C=O) groups is 2. The quantitative estimate of drug-likeness (QED) is 0.753. The molecule has 1 rings (SSSR count). The Kier molecular flexibility index (Phi) is 6.72. The van der Waals surface area contributed by atoms with Gasteiger partial charge in [0.15, 0.2) is 0 Å². The normalized spacial score (nSPS) is 11.9. The molecule has 0 aliphatic carbocycles. The Labute approximate surface area is 126 Å². The lowest BCUT2D eigenvalue weighted by molar-refractivity contribution is 0.0939. The highest BCUT2D eigenvalue weighted by molar-refractivity contribution is 5.94. The van der Waals surface area contributed by atoms with E-state index in [1.165, 1.54) is 0 Å². The second-order valence-electron chi connectivity index (χ2n) is 5.46. The predicted molar refractivity (Wildman–Crippen MR) is 84.2 cm³/mol. The van der Waals surface area contributed by atoms with E-state index in [0.717, 1.165) is 12.0 Å². The van der Waals surface area contributed by atoms with Crippen molar-refractivity contribution in [3.8, 4) is 0 Å². The number of carbonyl (C=O) groups excluding carboxylic acids is 2. The van der Waals surface area contributed by atoms with Gasteiger partial charge < -0.3 is 16.0 Å². The summed E-state index contributed by atoms with van der Waals surface area (Å²) in [7, 11) is 0. The van der Waals surface area contributed by atoms with Gasteiger partial charge in [0.2, 0.25) is 0 Å². The summed E-state index contributed by atoms with van der Waals surface area (Å²) < 4.78 is 0. The van der Waals surface area contributed by atoms with Crippen molar-refractivity contribution in [3.63, 3.8) is 0 Å². The molecule has 0 heterocycles. The molecule has 3 N–H and O–H groups in total. The third-order valence-corrected chi connectivity index (χ3v) is 3.08. The number of amides is 3. The Morgan fingerprint density at radius 2 is 1.67 bits per heavy atom. The molecule has 1 aromatic rings. The van der Waals surface area contributed by atoms with Crippen molar-refractivity contribution >= 4 is 11.9 Å². The molecule has 0 aliphatic rings. The molecule has 0 radical (unpaired) electrons. The van der Waals surface area contributed by atoms with Crippen LogP contribution in [0, 0.1) is 0 Å². The van der Waals surface area contributed by atoms with E-state index >= 15 is 0 Å². The van der Waals surface area contributed by atoms with Crippen molar-refractivity contribution < 1.29 is 9.59 Å². The third kappa shape index (κ3) is 6.29. The number of hydrogen-bond acceptors (Lipinski definition) is 2. The number of hydrogen-bond donors (Lipinski definition) is 3. The fourth-order valence-corrected chi connectivity index (χ4v) is 1.68. The SMILES string of the molecule is CC[C@H](C)NC(=O)c1ccc(CNC(=O)NC(C)C)cc1. The topological polar surface area (TPSA) is 70.2 Å². The van der Waals surface area contributed by atoms with Crippen LogP contribution in [0.5, 0.6) is 0 Å². The highest BCUT2D eigenvalue weighted by atomic mass is 16.2. The molecule has 5 heteroatoms. The Morgan fingerprint density at radius 1 is 1.05 bits per heavy atom. The number of rotatable bonds is 6. The fourth-order valence-electron chi connectivity index (χ4n) is 1.68. The van der Waals surface area contributed by atoms with Gasteiger partial charge in [0, 0.05) is 24.2 Å². The zero-order chi connectivity index (χ0) is 15.8. The molecule has 0 unspecified atom stereocenters. The Balaban J connectivity index is 2.50. The molecule has 0 bridgehead atoms. The third-order valence-electron chi connectivity index (χ3n) is 3.08. The Hall–Kier alpha value is -2.04. The number of nitrogens with one attached hydrogen (secondary N) is 3. The summed E-state index contributed by atoms with van der Waals surface area (Å²) in [6.07, 6.45) is 0.901. The van der Waals surface area contributed by atoms with Crippen LogP contribution in [0.2, 0.25) is 0 Å². The first kappa shape index (κ1) is 17.0. The van der Waals surface area contributed by atoms with Gasteiger partial charge in [-0.2, -0.15) is 0 Å². The van der Waals surface area contributed by atoms with E-state index in [-0.39, 0.29) is 24.0 Å². The highest BCUT2D eigenvalue weighted by Gasteiger charge is 2.08. The second-order valence-corrected chi connectivity index (χ2v) is 5.46. The highest BCUT2D eigenvalue weighted by Crippen LogP contribution is 2.05. The minimum absolute atomic E-state index is 0.0681. The van der Waals surface area contributed by atoms with Crippen LogP contribution in [0.4, 0.5) is 4.79 Å². The standard InChI is InChI=1S/C16H25N3O2/c1-5-12(4)19-15(20)14-8-6-13(7-9-14)10-17-16(21)18-11(2)3/h6-9,11-12H,5,10H2,1-4H3,(H,19,20)(H2,17,18,21)/t12-/m0/s1. The first-order valence-electron chi connectivity index (χ1n) is 7.36. The summed E-state index contributed by atoms with van der Waals surface area (Å²) in [4.78, 5) is 23.4. The second kappa shape index (κ2) is 8.29. The van der Waals surface area contributed by atoms with E-state index in [1.54, 1.807) is 12.1 Å². The van der Waals surface area contributed by atoms with Gasteiger partial charge in [-0.25, -0.2) is 4.79 Å². The maximum absolute atomic E-state index is 11.9. The van der Waals surface area contributed by atoms with E-state index in [9.17, 15) is 9.59 Å². The average molecular weight is 291 g/mol. The summed E-state index contributed by atoms with van der Waals surface area (Å²) in [6, 6.07) is 7.32. The predicted octanol–water partition coefficient (Wildman–Crippen LogP) is 2.42. The minimum Gasteiger partial charge on any atom is -0.350 e. The summed E-state index contributed by atoms with van der Waals surface area (Å²) in [5, 5.41) is 8.44. The van der Waals surface area contributed by atoms with Crippen molar-refractivity contribution in [3.05, 3.63) is 35.4 Å². The summed E-state index contributed by atoms with van der Waals surface area (Å²) in [6.45, 7) is 8.26. The molecule has 0 aromatic heterocycles. The number of benzene rings is 1. The molecule has 5 nitrogen and oxygen atoms in total. The van der Waals surface area contributed by atoms with Crippen LogP contribution >= 0.6 is 0 Å². The van der Waals surface area contributed by atoms with Gasteiger partial charge in [0.1, 0.15) is 0 Å². The molecule has 0 saturated heterocycles. The molecular weight excluding hydrogens is 266 g/mol. The summed E-state index contributed by atoms with van der Waals surface area (Å²) >= 11 is 0. The van der Waals surface area contributed by atoms with Crippen LogP contribution in [0.15, 0.2) is 24.3 Å². The zero-order valence-electron chi connectivity index (χ0n) is 13.2. The Morgan fingerprint density at radius 3 is 2.19 bits per heavy atom. The van der Waals surface area contributed by atoms with Gasteiger partial charge in [-0.05, 0) is 44.9 Å². The molecular formula is C16H25N3O2. The molecule has 0 aliphatic heterocycles. The van der Waals surface area contributed by atoms with Crippen LogP contribution in [0.3, 0.4) is 0 Å². The van der Waals surface area contributed by atoms with Crippen LogP contribution in [0.1, 0.15) is 50.0 Å². The van der Waals surface area contributed by atoms with Crippen molar-refractivity contribution in [2.24, 2.45) is 0 Å². The first-order valence-corrected chi connectivity index (χ1v) is 7.36. The van der Waals surface area contributed by atoms with E-state index in [4.69, 9.17) is 0 Å². The van der Waals surface area contributed by atoms with E-state index in [0.29, 0.717) is 12.1 Å². The van der Waals surface area contributed by atoms with Crippen molar-refractivity contribution in [2.75, 3.05) is 0 Å². The molecule has 1 atom stereocenters. The van der Waals surface area contributed by atoms with Crippen molar-refractivity contribution in [1.29, 1.82) is 0 Å². The molecule has 0 fully saturated rings. The first-order chi connectivity index (χ1) is 9.92. The largest absolute Gasteiger partial charge is 0.350 e. The van der Waals surface area contributed by atoms with Gasteiger partial charge >= 0.3 is 6.03 Å². The molecule has 1 aromatic carbocycles. The van der Waals surface area contributed by atoms with Gasteiger partial charge in [-0.1, -0.05) is 19.1 Å². The van der Waals surface area contributed by atoms with Gasteiger partial charge in [-0.3, -0.25) is 4.79 Å². The van der Waals surface area contributed by atoms with Gasteiger partial charge in [-0.15, -0.1) is 0 Å². The summed E-state index contributed by atoms with van der Waals surface area (Å²) in [5.41, 5.74) is 1.58. The van der Waals surface area contributed by atoms with E-state index in [2.05, 4.69) is 16.0 Å². The number of urea groups is 1. The Bertz CT molecular complexity index is 469. The van der Waals surface area contributed by atoms with Crippen molar-refractivity contribution in [2.45, 2.75) is 52.7 Å². The van der Waals surface area contributed by atoms with E-state index < -0.39 is 0 Å². The average Bonchev–Trinajstić information content (AvgIpc) is 2.44. The van der Waals surface area contributed by atoms with Crippen LogP contribution < -0.4 is 16.0 Å². The molecule has 21 heavy (non-hydrogen) atoms. The molecule has 0 spiro atoms. The smallest absolute Gasteiger partial charge is 0.315 e. The molecule has 116 valence electrons. The fraction of sp³-hybridized carbons (Fsp3) is 0.500. The van der Waals surface area contributed by atoms with Crippen LogP contribution in [-0.2, 0) is 6.54 Å². The zero-order valence-corrected chi connectivity index (χ0v) is 13.2. The summed E-state index contributed by atoms with van der Waals surface area (Å²) in [5.74, 6) is -0.0681. The lowest BCUT2D eigenvalue weighted by atomic mass is 10.1. The maximum atomic E-state index is 11.9. The monoisotopic (exact) mass is 291 g/mol. The van der Waals surface area contributed by atoms with Crippen LogP contribution in [0.25, 0.3) is 0 Å². The van der Waals surface area contributed by atoms with E-state index in [1.807, 2.05) is 39.8 Å². The minimum atomic E-state index is -0.191. The maximum Gasteiger partial charge on any atom is 0.315 e. The molecule has 3 amide bonds. The lowest BCUT2D eigenvalue weighted by Gasteiger charge is -2.12.